The average Bonchev–Trinajstić information content (AvgIpc) is 3.06. The molecule has 1 aliphatic heterocycles. The first kappa shape index (κ1) is 24.8. The molecule has 1 heterocycles. The molecule has 1 aliphatic rings. The highest BCUT2D eigenvalue weighted by molar-refractivity contribution is 6.54. The highest BCUT2D eigenvalue weighted by Gasteiger charge is 2.40. The van der Waals surface area contributed by atoms with E-state index in [1.54, 1.807) is 36.4 Å². The zero-order valence-electron chi connectivity index (χ0n) is 18.5. The van der Waals surface area contributed by atoms with Gasteiger partial charge in [0.25, 0.3) is 11.8 Å². The molecule has 0 atom stereocenters. The molecule has 2 amide bonds. The molecule has 9 heteroatoms. The zero-order valence-corrected chi connectivity index (χ0v) is 20.7. The number of esters is 1. The second-order valence-electron chi connectivity index (χ2n) is 7.69. The van der Waals surface area contributed by atoms with Gasteiger partial charge in [-0.3, -0.25) is 9.59 Å². The minimum Gasteiger partial charge on any atom is -0.423 e. The van der Waals surface area contributed by atoms with Gasteiger partial charge in [-0.2, -0.15) is 0 Å². The molecule has 3 aromatic rings. The molecule has 0 bridgehead atoms. The van der Waals surface area contributed by atoms with Crippen molar-refractivity contribution < 1.29 is 19.1 Å². The van der Waals surface area contributed by atoms with E-state index in [-0.39, 0.29) is 26.5 Å². The first-order chi connectivity index (χ1) is 16.8. The Hall–Kier alpha value is -3.32. The number of aryl methyl sites for hydroxylation is 1. The fraction of sp³-hybridized carbons (Fsp3) is 0.115. The van der Waals surface area contributed by atoms with E-state index in [1.165, 1.54) is 23.8 Å². The van der Waals surface area contributed by atoms with Crippen molar-refractivity contribution in [3.05, 3.63) is 98.6 Å². The summed E-state index contributed by atoms with van der Waals surface area (Å²) in [5, 5.41) is 2.81. The summed E-state index contributed by atoms with van der Waals surface area (Å²) >= 11 is 18.4. The number of hydrogen-bond acceptors (Lipinski definition) is 5. The number of amides is 2. The lowest BCUT2D eigenvalue weighted by atomic mass is 10.1. The van der Waals surface area contributed by atoms with Crippen molar-refractivity contribution >= 4 is 64.0 Å². The molecule has 6 nitrogen and oxygen atoms in total. The SMILES string of the molecule is CCCc1ccc(OC(=O)c2ccc(NC3=C(Cl)C(=O)N(c4cccc(Cl)c4Cl)C3=O)cc2)cc1. The Morgan fingerprint density at radius 3 is 2.26 bits per heavy atom. The Bertz CT molecular complexity index is 1340. The van der Waals surface area contributed by atoms with Crippen molar-refractivity contribution in [2.75, 3.05) is 10.2 Å². The molecule has 0 saturated carbocycles. The second-order valence-corrected chi connectivity index (χ2v) is 8.86. The third-order valence-corrected chi connectivity index (χ3v) is 6.42. The Labute approximate surface area is 217 Å². The van der Waals surface area contributed by atoms with Crippen molar-refractivity contribution in [3.8, 4) is 5.75 Å². The minimum atomic E-state index is -0.728. The maximum Gasteiger partial charge on any atom is 0.343 e. The first-order valence-corrected chi connectivity index (χ1v) is 11.8. The molecule has 1 N–H and O–H groups in total. The van der Waals surface area contributed by atoms with Crippen molar-refractivity contribution in [1.82, 2.24) is 0 Å². The fourth-order valence-corrected chi connectivity index (χ4v) is 4.10. The summed E-state index contributed by atoms with van der Waals surface area (Å²) in [5.74, 6) is -1.48. The smallest absolute Gasteiger partial charge is 0.343 e. The van der Waals surface area contributed by atoms with Crippen LogP contribution in [0.2, 0.25) is 10.0 Å². The van der Waals surface area contributed by atoms with Crippen LogP contribution in [-0.4, -0.2) is 17.8 Å². The largest absolute Gasteiger partial charge is 0.423 e. The summed E-state index contributed by atoms with van der Waals surface area (Å²) in [5.41, 5.74) is 1.94. The molecule has 0 radical (unpaired) electrons. The maximum absolute atomic E-state index is 13.0. The molecule has 0 aliphatic carbocycles. The number of halogens is 3. The quantitative estimate of drug-likeness (QED) is 0.212. The van der Waals surface area contributed by atoms with Crippen LogP contribution in [-0.2, 0) is 16.0 Å². The number of ether oxygens (including phenoxy) is 1. The molecule has 178 valence electrons. The first-order valence-electron chi connectivity index (χ1n) is 10.7. The van der Waals surface area contributed by atoms with E-state index in [4.69, 9.17) is 39.5 Å². The van der Waals surface area contributed by atoms with Crippen LogP contribution in [0.1, 0.15) is 29.3 Å². The summed E-state index contributed by atoms with van der Waals surface area (Å²) in [6, 6.07) is 18.2. The number of nitrogens with one attached hydrogen (secondary N) is 1. The lowest BCUT2D eigenvalue weighted by Gasteiger charge is -2.17. The van der Waals surface area contributed by atoms with Crippen molar-refractivity contribution in [2.45, 2.75) is 19.8 Å². The zero-order chi connectivity index (χ0) is 25.1. The molecule has 0 saturated heterocycles. The van der Waals surface area contributed by atoms with Gasteiger partial charge in [-0.25, -0.2) is 9.69 Å². The summed E-state index contributed by atoms with van der Waals surface area (Å²) in [6.07, 6.45) is 1.99. The van der Waals surface area contributed by atoms with Crippen LogP contribution in [0.3, 0.4) is 0 Å². The predicted molar refractivity (Wildman–Crippen MR) is 137 cm³/mol. The van der Waals surface area contributed by atoms with Gasteiger partial charge in [0.05, 0.1) is 21.3 Å². The monoisotopic (exact) mass is 528 g/mol. The summed E-state index contributed by atoms with van der Waals surface area (Å²) in [6.45, 7) is 2.10. The van der Waals surface area contributed by atoms with Crippen LogP contribution in [0.15, 0.2) is 77.5 Å². The third-order valence-electron chi connectivity index (χ3n) is 5.26. The second kappa shape index (κ2) is 10.5. The Morgan fingerprint density at radius 1 is 0.914 bits per heavy atom. The molecule has 0 spiro atoms. The van der Waals surface area contributed by atoms with Gasteiger partial charge >= 0.3 is 5.97 Å². The van der Waals surface area contributed by atoms with Gasteiger partial charge in [-0.1, -0.05) is 66.3 Å². The van der Waals surface area contributed by atoms with Gasteiger partial charge in [0.15, 0.2) is 0 Å². The Kier molecular flexibility index (Phi) is 7.45. The fourth-order valence-electron chi connectivity index (χ4n) is 3.51. The highest BCUT2D eigenvalue weighted by atomic mass is 35.5. The molecule has 0 fully saturated rings. The van der Waals surface area contributed by atoms with E-state index in [9.17, 15) is 14.4 Å². The molecule has 3 aromatic carbocycles. The van der Waals surface area contributed by atoms with E-state index in [0.717, 1.165) is 17.7 Å². The van der Waals surface area contributed by atoms with Crippen LogP contribution < -0.4 is 15.0 Å². The van der Waals surface area contributed by atoms with E-state index in [1.807, 2.05) is 12.1 Å². The molecule has 0 unspecified atom stereocenters. The highest BCUT2D eigenvalue weighted by Crippen LogP contribution is 2.37. The number of anilines is 2. The van der Waals surface area contributed by atoms with Crippen LogP contribution in [0.25, 0.3) is 0 Å². The topological polar surface area (TPSA) is 75.7 Å². The molecule has 4 rings (SSSR count). The molecular weight excluding hydrogens is 511 g/mol. The Balaban J connectivity index is 1.46. The minimum absolute atomic E-state index is 0.0597. The van der Waals surface area contributed by atoms with E-state index >= 15 is 0 Å². The summed E-state index contributed by atoms with van der Waals surface area (Å²) in [4.78, 5) is 39.0. The van der Waals surface area contributed by atoms with Gasteiger partial charge in [-0.05, 0) is 60.5 Å². The van der Waals surface area contributed by atoms with E-state index < -0.39 is 17.8 Å². The van der Waals surface area contributed by atoms with Gasteiger partial charge in [0.1, 0.15) is 16.5 Å². The van der Waals surface area contributed by atoms with Crippen molar-refractivity contribution in [1.29, 1.82) is 0 Å². The van der Waals surface area contributed by atoms with E-state index in [2.05, 4.69) is 12.2 Å². The number of benzene rings is 3. The van der Waals surface area contributed by atoms with Crippen LogP contribution >= 0.6 is 34.8 Å². The van der Waals surface area contributed by atoms with Crippen molar-refractivity contribution in [2.24, 2.45) is 0 Å². The Morgan fingerprint density at radius 2 is 1.60 bits per heavy atom. The third kappa shape index (κ3) is 5.20. The number of hydrogen-bond donors (Lipinski definition) is 1. The number of carbonyl (C=O) groups is 3. The molecular formula is C26H19Cl3N2O4. The normalized spacial score (nSPS) is 13.4. The summed E-state index contributed by atoms with van der Waals surface area (Å²) in [7, 11) is 0. The van der Waals surface area contributed by atoms with Gasteiger partial charge in [0.2, 0.25) is 0 Å². The standard InChI is InChI=1S/C26H19Cl3N2O4/c1-2-4-15-7-13-18(14-8-15)35-26(34)16-9-11-17(12-10-16)30-23-22(29)24(32)31(25(23)33)20-6-3-5-19(27)21(20)28/h3,5-14,30H,2,4H2,1H3. The van der Waals surface area contributed by atoms with E-state index in [0.29, 0.717) is 17.0 Å². The number of imide groups is 1. The van der Waals surface area contributed by atoms with Crippen LogP contribution in [0.5, 0.6) is 5.75 Å². The van der Waals surface area contributed by atoms with Crippen LogP contribution in [0.4, 0.5) is 11.4 Å². The maximum atomic E-state index is 13.0. The van der Waals surface area contributed by atoms with Crippen molar-refractivity contribution in [3.63, 3.8) is 0 Å². The predicted octanol–water partition coefficient (Wildman–Crippen LogP) is 6.60. The van der Waals surface area contributed by atoms with Gasteiger partial charge in [0, 0.05) is 5.69 Å². The van der Waals surface area contributed by atoms with Gasteiger partial charge < -0.3 is 10.1 Å². The number of carbonyl (C=O) groups excluding carboxylic acids is 3. The lowest BCUT2D eigenvalue weighted by Crippen LogP contribution is -2.32. The van der Waals surface area contributed by atoms with Crippen LogP contribution in [0, 0.1) is 0 Å². The molecule has 0 aromatic heterocycles. The molecule has 35 heavy (non-hydrogen) atoms. The lowest BCUT2D eigenvalue weighted by molar-refractivity contribution is -0.120. The summed E-state index contributed by atoms with van der Waals surface area (Å²) < 4.78 is 5.42. The average molecular weight is 530 g/mol. The number of nitrogens with zero attached hydrogens (tertiary/aromatic N) is 1. The number of rotatable bonds is 7. The van der Waals surface area contributed by atoms with Gasteiger partial charge in [-0.15, -0.1) is 0 Å².